The predicted octanol–water partition coefficient (Wildman–Crippen LogP) is 0.563. The van der Waals surface area contributed by atoms with Gasteiger partial charge in [0.25, 0.3) is 0 Å². The molecule has 2 N–H and O–H groups in total. The van der Waals surface area contributed by atoms with Crippen LogP contribution in [0.25, 0.3) is 0 Å². The summed E-state index contributed by atoms with van der Waals surface area (Å²) in [5.41, 5.74) is 5.15. The lowest BCUT2D eigenvalue weighted by atomic mass is 10.4. The van der Waals surface area contributed by atoms with Crippen molar-refractivity contribution in [1.82, 2.24) is 0 Å². The van der Waals surface area contributed by atoms with Crippen molar-refractivity contribution in [1.29, 1.82) is 0 Å². The molecule has 0 unspecified atom stereocenters. The molecule has 1 radical (unpaired) electrons. The van der Waals surface area contributed by atoms with E-state index in [2.05, 4.69) is 11.8 Å². The Bertz CT molecular complexity index is 75.9. The minimum absolute atomic E-state index is 0.668. The van der Waals surface area contributed by atoms with Crippen molar-refractivity contribution >= 4 is 0 Å². The molecular formula is C6H10N. The summed E-state index contributed by atoms with van der Waals surface area (Å²) in [6.45, 7) is 2.57. The lowest BCUT2D eigenvalue weighted by Crippen LogP contribution is -1.95. The molecule has 0 rings (SSSR count). The molecule has 1 heteroatoms. The van der Waals surface area contributed by atoms with Crippen molar-refractivity contribution in [3.8, 4) is 11.8 Å². The third-order valence-electron chi connectivity index (χ3n) is 0.516. The van der Waals surface area contributed by atoms with Crippen molar-refractivity contribution in [2.75, 3.05) is 6.54 Å². The van der Waals surface area contributed by atoms with Gasteiger partial charge in [-0.05, 0) is 0 Å². The zero-order valence-electron chi connectivity index (χ0n) is 4.57. The first kappa shape index (κ1) is 6.52. The van der Waals surface area contributed by atoms with E-state index in [4.69, 9.17) is 5.73 Å². The third-order valence-corrected chi connectivity index (χ3v) is 0.516. The molecule has 0 aliphatic heterocycles. The highest BCUT2D eigenvalue weighted by Gasteiger charge is 1.65. The fourth-order valence-electron chi connectivity index (χ4n) is 0.246. The van der Waals surface area contributed by atoms with Crippen molar-refractivity contribution in [3.63, 3.8) is 0 Å². The van der Waals surface area contributed by atoms with Crippen molar-refractivity contribution < 1.29 is 0 Å². The van der Waals surface area contributed by atoms with Gasteiger partial charge in [-0.25, -0.2) is 0 Å². The zero-order valence-corrected chi connectivity index (χ0v) is 4.57. The van der Waals surface area contributed by atoms with Crippen LogP contribution < -0.4 is 5.73 Å². The van der Waals surface area contributed by atoms with E-state index < -0.39 is 0 Å². The summed E-state index contributed by atoms with van der Waals surface area (Å²) in [5, 5.41) is 0. The van der Waals surface area contributed by atoms with Crippen LogP contribution >= 0.6 is 0 Å². The van der Waals surface area contributed by atoms with E-state index in [-0.39, 0.29) is 0 Å². The molecule has 0 fully saturated rings. The molecule has 0 saturated carbocycles. The predicted molar refractivity (Wildman–Crippen MR) is 31.4 cm³/mol. The molecule has 0 spiro atoms. The summed E-state index contributed by atoms with van der Waals surface area (Å²) in [5.74, 6) is 5.65. The first-order valence-electron chi connectivity index (χ1n) is 2.38. The average molecular weight is 96.2 g/mol. The summed E-state index contributed by atoms with van der Waals surface area (Å²) in [4.78, 5) is 0. The van der Waals surface area contributed by atoms with E-state index in [1.807, 2.05) is 13.3 Å². The molecule has 7 heavy (non-hydrogen) atoms. The van der Waals surface area contributed by atoms with Gasteiger partial charge in [0, 0.05) is 19.4 Å². The smallest absolute Gasteiger partial charge is 0.0309 e. The largest absolute Gasteiger partial charge is 0.330 e. The Balaban J connectivity index is 2.91. The summed E-state index contributed by atoms with van der Waals surface area (Å²) < 4.78 is 0. The molecule has 0 bridgehead atoms. The molecule has 39 valence electrons. The quantitative estimate of drug-likeness (QED) is 0.474. The van der Waals surface area contributed by atoms with Gasteiger partial charge in [0.15, 0.2) is 0 Å². The second-order valence-corrected chi connectivity index (χ2v) is 1.15. The highest BCUT2D eigenvalue weighted by Crippen LogP contribution is 1.68. The SMILES string of the molecule is C[CH]C#CCCN. The first-order chi connectivity index (χ1) is 3.41. The fourth-order valence-corrected chi connectivity index (χ4v) is 0.246. The van der Waals surface area contributed by atoms with Crippen LogP contribution in [0.5, 0.6) is 0 Å². The number of hydrogen-bond acceptors (Lipinski definition) is 1. The molecule has 0 heterocycles. The van der Waals surface area contributed by atoms with Crippen molar-refractivity contribution in [3.05, 3.63) is 6.42 Å². The zero-order chi connectivity index (χ0) is 5.54. The molecule has 0 aliphatic carbocycles. The van der Waals surface area contributed by atoms with Gasteiger partial charge in [0.2, 0.25) is 0 Å². The van der Waals surface area contributed by atoms with Crippen LogP contribution in [-0.4, -0.2) is 6.54 Å². The number of nitrogens with two attached hydrogens (primary N) is 1. The Kier molecular flexibility index (Phi) is 5.14. The van der Waals surface area contributed by atoms with Crippen LogP contribution in [0.1, 0.15) is 13.3 Å². The fraction of sp³-hybridized carbons (Fsp3) is 0.500. The van der Waals surface area contributed by atoms with E-state index in [0.29, 0.717) is 6.54 Å². The van der Waals surface area contributed by atoms with Gasteiger partial charge in [-0.1, -0.05) is 12.8 Å². The van der Waals surface area contributed by atoms with Crippen LogP contribution in [0, 0.1) is 18.3 Å². The summed E-state index contributed by atoms with van der Waals surface area (Å²) in [6.07, 6.45) is 2.62. The Morgan fingerprint density at radius 2 is 2.43 bits per heavy atom. The standard InChI is InChI=1S/C6H10N/c1-2-3-4-5-6-7/h2H,5-7H2,1H3. The Morgan fingerprint density at radius 1 is 1.71 bits per heavy atom. The molecule has 0 aromatic heterocycles. The van der Waals surface area contributed by atoms with Gasteiger partial charge >= 0.3 is 0 Å². The topological polar surface area (TPSA) is 26.0 Å². The molecule has 0 amide bonds. The van der Waals surface area contributed by atoms with Crippen LogP contribution in [0.3, 0.4) is 0 Å². The number of rotatable bonds is 1. The van der Waals surface area contributed by atoms with Gasteiger partial charge in [-0.3, -0.25) is 0 Å². The second-order valence-electron chi connectivity index (χ2n) is 1.15. The van der Waals surface area contributed by atoms with E-state index in [1.54, 1.807) is 0 Å². The van der Waals surface area contributed by atoms with E-state index in [1.165, 1.54) is 0 Å². The van der Waals surface area contributed by atoms with Gasteiger partial charge < -0.3 is 5.73 Å². The lowest BCUT2D eigenvalue weighted by molar-refractivity contribution is 1.03. The third kappa shape index (κ3) is 5.52. The minimum Gasteiger partial charge on any atom is -0.330 e. The molecular weight excluding hydrogens is 86.1 g/mol. The van der Waals surface area contributed by atoms with E-state index in [9.17, 15) is 0 Å². The molecule has 0 atom stereocenters. The lowest BCUT2D eigenvalue weighted by Gasteiger charge is -1.75. The molecule has 0 aromatic rings. The van der Waals surface area contributed by atoms with E-state index in [0.717, 1.165) is 6.42 Å². The van der Waals surface area contributed by atoms with Gasteiger partial charge in [-0.15, -0.1) is 5.92 Å². The maximum atomic E-state index is 5.15. The Morgan fingerprint density at radius 3 is 2.86 bits per heavy atom. The highest BCUT2D eigenvalue weighted by atomic mass is 14.5. The van der Waals surface area contributed by atoms with Crippen LogP contribution in [0.2, 0.25) is 0 Å². The molecule has 0 aromatic carbocycles. The Labute approximate surface area is 44.9 Å². The van der Waals surface area contributed by atoms with Gasteiger partial charge in [-0.2, -0.15) is 0 Å². The van der Waals surface area contributed by atoms with E-state index >= 15 is 0 Å². The number of hydrogen-bond donors (Lipinski definition) is 1. The summed E-state index contributed by atoms with van der Waals surface area (Å²) in [6, 6.07) is 0. The summed E-state index contributed by atoms with van der Waals surface area (Å²) in [7, 11) is 0. The molecule has 0 saturated heterocycles. The monoisotopic (exact) mass is 96.1 g/mol. The first-order valence-corrected chi connectivity index (χ1v) is 2.38. The van der Waals surface area contributed by atoms with Crippen LogP contribution in [0.4, 0.5) is 0 Å². The van der Waals surface area contributed by atoms with Gasteiger partial charge in [0.05, 0.1) is 0 Å². The average Bonchev–Trinajstić information content (AvgIpc) is 1.69. The van der Waals surface area contributed by atoms with Crippen LogP contribution in [-0.2, 0) is 0 Å². The van der Waals surface area contributed by atoms with Crippen molar-refractivity contribution in [2.45, 2.75) is 13.3 Å². The second kappa shape index (κ2) is 5.52. The highest BCUT2D eigenvalue weighted by molar-refractivity contribution is 5.07. The maximum absolute atomic E-state index is 5.15. The normalized spacial score (nSPS) is 7.14. The Hall–Kier alpha value is -0.480. The maximum Gasteiger partial charge on any atom is 0.0309 e. The van der Waals surface area contributed by atoms with Gasteiger partial charge in [0.1, 0.15) is 0 Å². The molecule has 1 nitrogen and oxygen atoms in total. The molecule has 0 aliphatic rings. The van der Waals surface area contributed by atoms with Crippen molar-refractivity contribution in [2.24, 2.45) is 5.73 Å². The minimum atomic E-state index is 0.668. The summed E-state index contributed by atoms with van der Waals surface area (Å²) >= 11 is 0. The van der Waals surface area contributed by atoms with Crippen LogP contribution in [0.15, 0.2) is 0 Å².